The standard InChI is InChI=1S/C16H13N5/c1-11-2-3-14-13(8-11)16(15(9-17)21-20-14)19-10-12-4-6-18-7-5-12/h2-8H,10H2,1H3,(H,19,20). The predicted octanol–water partition coefficient (Wildman–Crippen LogP) is 2.82. The third-order valence-electron chi connectivity index (χ3n) is 3.24. The van der Waals surface area contributed by atoms with Gasteiger partial charge in [0, 0.05) is 24.3 Å². The summed E-state index contributed by atoms with van der Waals surface area (Å²) in [5, 5.41) is 21.5. The number of hydrogen-bond donors (Lipinski definition) is 1. The predicted molar refractivity (Wildman–Crippen MR) is 80.6 cm³/mol. The van der Waals surface area contributed by atoms with Gasteiger partial charge in [0.2, 0.25) is 0 Å². The number of nitrogens with zero attached hydrogens (tertiary/aromatic N) is 4. The highest BCUT2D eigenvalue weighted by atomic mass is 15.1. The molecule has 3 aromatic rings. The van der Waals surface area contributed by atoms with E-state index in [1.165, 1.54) is 0 Å². The first-order chi connectivity index (χ1) is 10.3. The molecule has 1 N–H and O–H groups in total. The van der Waals surface area contributed by atoms with Gasteiger partial charge in [-0.1, -0.05) is 11.6 Å². The van der Waals surface area contributed by atoms with Crippen LogP contribution >= 0.6 is 0 Å². The Morgan fingerprint density at radius 2 is 1.95 bits per heavy atom. The van der Waals surface area contributed by atoms with Crippen molar-refractivity contribution in [3.05, 3.63) is 59.5 Å². The van der Waals surface area contributed by atoms with Crippen LogP contribution in [0.25, 0.3) is 10.9 Å². The van der Waals surface area contributed by atoms with Crippen LogP contribution in [0.5, 0.6) is 0 Å². The molecule has 0 saturated heterocycles. The van der Waals surface area contributed by atoms with Gasteiger partial charge in [-0.3, -0.25) is 4.98 Å². The highest BCUT2D eigenvalue weighted by molar-refractivity contribution is 5.93. The molecule has 0 aliphatic heterocycles. The molecule has 0 bridgehead atoms. The number of nitrogens with one attached hydrogen (secondary N) is 1. The van der Waals surface area contributed by atoms with Crippen molar-refractivity contribution in [3.63, 3.8) is 0 Å². The van der Waals surface area contributed by atoms with Crippen molar-refractivity contribution in [2.75, 3.05) is 5.32 Å². The molecule has 2 heterocycles. The minimum Gasteiger partial charge on any atom is -0.378 e. The largest absolute Gasteiger partial charge is 0.378 e. The maximum absolute atomic E-state index is 9.24. The number of anilines is 1. The summed E-state index contributed by atoms with van der Waals surface area (Å²) in [5.74, 6) is 0. The molecular weight excluding hydrogens is 262 g/mol. The van der Waals surface area contributed by atoms with Gasteiger partial charge in [0.25, 0.3) is 0 Å². The SMILES string of the molecule is Cc1ccc2nnc(C#N)c(NCc3ccncc3)c2c1. The number of aryl methyl sites for hydroxylation is 1. The zero-order valence-electron chi connectivity index (χ0n) is 11.5. The number of nitriles is 1. The third kappa shape index (κ3) is 2.65. The van der Waals surface area contributed by atoms with E-state index in [9.17, 15) is 5.26 Å². The molecule has 0 radical (unpaired) electrons. The van der Waals surface area contributed by atoms with Crippen molar-refractivity contribution in [1.29, 1.82) is 5.26 Å². The summed E-state index contributed by atoms with van der Waals surface area (Å²) in [7, 11) is 0. The second-order valence-corrected chi connectivity index (χ2v) is 4.77. The number of rotatable bonds is 3. The minimum absolute atomic E-state index is 0.308. The van der Waals surface area contributed by atoms with E-state index in [2.05, 4.69) is 26.6 Å². The average Bonchev–Trinajstić information content (AvgIpc) is 2.53. The van der Waals surface area contributed by atoms with E-state index in [0.717, 1.165) is 27.7 Å². The van der Waals surface area contributed by atoms with Crippen molar-refractivity contribution in [1.82, 2.24) is 15.2 Å². The maximum atomic E-state index is 9.24. The molecule has 0 aliphatic rings. The molecule has 3 rings (SSSR count). The Morgan fingerprint density at radius 1 is 1.14 bits per heavy atom. The second-order valence-electron chi connectivity index (χ2n) is 4.77. The molecule has 5 nitrogen and oxygen atoms in total. The van der Waals surface area contributed by atoms with Crippen molar-refractivity contribution in [2.45, 2.75) is 13.5 Å². The summed E-state index contributed by atoms with van der Waals surface area (Å²) in [6.45, 7) is 2.62. The number of fused-ring (bicyclic) bond motifs is 1. The van der Waals surface area contributed by atoms with E-state index < -0.39 is 0 Å². The maximum Gasteiger partial charge on any atom is 0.186 e. The molecule has 102 valence electrons. The van der Waals surface area contributed by atoms with Gasteiger partial charge in [-0.15, -0.1) is 10.2 Å². The molecule has 0 atom stereocenters. The quantitative estimate of drug-likeness (QED) is 0.795. The van der Waals surface area contributed by atoms with Crippen LogP contribution in [-0.4, -0.2) is 15.2 Å². The fraction of sp³-hybridized carbons (Fsp3) is 0.125. The smallest absolute Gasteiger partial charge is 0.186 e. The van der Waals surface area contributed by atoms with Crippen LogP contribution < -0.4 is 5.32 Å². The first kappa shape index (κ1) is 13.0. The highest BCUT2D eigenvalue weighted by Gasteiger charge is 2.10. The lowest BCUT2D eigenvalue weighted by molar-refractivity contribution is 1.04. The Kier molecular flexibility index (Phi) is 3.44. The van der Waals surface area contributed by atoms with Gasteiger partial charge in [-0.25, -0.2) is 0 Å². The molecular formula is C16H13N5. The van der Waals surface area contributed by atoms with Gasteiger partial charge in [0.05, 0.1) is 11.2 Å². The van der Waals surface area contributed by atoms with E-state index in [4.69, 9.17) is 0 Å². The Balaban J connectivity index is 2.03. The second kappa shape index (κ2) is 5.55. The van der Waals surface area contributed by atoms with Gasteiger partial charge in [-0.05, 0) is 36.8 Å². The summed E-state index contributed by atoms with van der Waals surface area (Å²) in [6.07, 6.45) is 3.49. The molecule has 1 aromatic carbocycles. The molecule has 0 saturated carbocycles. The van der Waals surface area contributed by atoms with Crippen molar-refractivity contribution >= 4 is 16.6 Å². The van der Waals surface area contributed by atoms with Crippen LogP contribution in [0.4, 0.5) is 5.69 Å². The van der Waals surface area contributed by atoms with E-state index in [-0.39, 0.29) is 0 Å². The Labute approximate surface area is 122 Å². The van der Waals surface area contributed by atoms with Gasteiger partial charge in [-0.2, -0.15) is 5.26 Å². The normalized spacial score (nSPS) is 10.3. The van der Waals surface area contributed by atoms with Gasteiger partial charge in [0.1, 0.15) is 6.07 Å². The van der Waals surface area contributed by atoms with E-state index in [1.807, 2.05) is 37.3 Å². The molecule has 0 aliphatic carbocycles. The Bertz CT molecular complexity index is 821. The first-order valence-electron chi connectivity index (χ1n) is 6.58. The molecule has 0 spiro atoms. The van der Waals surface area contributed by atoms with Crippen LogP contribution in [-0.2, 0) is 6.54 Å². The fourth-order valence-corrected chi connectivity index (χ4v) is 2.17. The zero-order chi connectivity index (χ0) is 14.7. The summed E-state index contributed by atoms with van der Waals surface area (Å²) < 4.78 is 0. The van der Waals surface area contributed by atoms with Crippen LogP contribution in [0.15, 0.2) is 42.7 Å². The fourth-order valence-electron chi connectivity index (χ4n) is 2.17. The van der Waals surface area contributed by atoms with Crippen molar-refractivity contribution < 1.29 is 0 Å². The highest BCUT2D eigenvalue weighted by Crippen LogP contribution is 2.25. The number of aromatic nitrogens is 3. The number of benzene rings is 1. The number of pyridine rings is 1. The summed E-state index contributed by atoms with van der Waals surface area (Å²) >= 11 is 0. The van der Waals surface area contributed by atoms with Crippen LogP contribution in [0.2, 0.25) is 0 Å². The monoisotopic (exact) mass is 275 g/mol. The third-order valence-corrected chi connectivity index (χ3v) is 3.24. The zero-order valence-corrected chi connectivity index (χ0v) is 11.5. The summed E-state index contributed by atoms with van der Waals surface area (Å²) in [4.78, 5) is 3.99. The lowest BCUT2D eigenvalue weighted by Crippen LogP contribution is -2.05. The molecule has 0 unspecified atom stereocenters. The van der Waals surface area contributed by atoms with Gasteiger partial charge in [0.15, 0.2) is 5.69 Å². The van der Waals surface area contributed by atoms with Gasteiger partial charge >= 0.3 is 0 Å². The molecule has 0 fully saturated rings. The molecule has 21 heavy (non-hydrogen) atoms. The van der Waals surface area contributed by atoms with Crippen LogP contribution in [0, 0.1) is 18.3 Å². The van der Waals surface area contributed by atoms with E-state index in [0.29, 0.717) is 12.2 Å². The molecule has 0 amide bonds. The summed E-state index contributed by atoms with van der Waals surface area (Å²) in [6, 6.07) is 11.9. The first-order valence-corrected chi connectivity index (χ1v) is 6.58. The molecule has 2 aromatic heterocycles. The number of hydrogen-bond acceptors (Lipinski definition) is 5. The molecule has 5 heteroatoms. The lowest BCUT2D eigenvalue weighted by Gasteiger charge is -2.10. The van der Waals surface area contributed by atoms with Gasteiger partial charge < -0.3 is 5.32 Å². The lowest BCUT2D eigenvalue weighted by atomic mass is 10.1. The van der Waals surface area contributed by atoms with E-state index >= 15 is 0 Å². The Morgan fingerprint density at radius 3 is 2.71 bits per heavy atom. The Hall–Kier alpha value is -3.00. The van der Waals surface area contributed by atoms with Crippen molar-refractivity contribution in [3.8, 4) is 6.07 Å². The van der Waals surface area contributed by atoms with Crippen LogP contribution in [0.3, 0.4) is 0 Å². The minimum atomic E-state index is 0.308. The average molecular weight is 275 g/mol. The van der Waals surface area contributed by atoms with E-state index in [1.54, 1.807) is 12.4 Å². The van der Waals surface area contributed by atoms with Crippen LogP contribution in [0.1, 0.15) is 16.8 Å². The summed E-state index contributed by atoms with van der Waals surface area (Å²) in [5.41, 5.74) is 4.01. The van der Waals surface area contributed by atoms with Crippen molar-refractivity contribution in [2.24, 2.45) is 0 Å². The topological polar surface area (TPSA) is 74.5 Å².